The van der Waals surface area contributed by atoms with Crippen LogP contribution >= 0.6 is 11.3 Å². The Morgan fingerprint density at radius 2 is 2.29 bits per heavy atom. The van der Waals surface area contributed by atoms with Crippen molar-refractivity contribution in [2.45, 2.75) is 26.2 Å². The summed E-state index contributed by atoms with van der Waals surface area (Å²) in [4.78, 5) is 14.8. The summed E-state index contributed by atoms with van der Waals surface area (Å²) in [6.45, 7) is 4.42. The lowest BCUT2D eigenvalue weighted by Crippen LogP contribution is -2.05. The van der Waals surface area contributed by atoms with Gasteiger partial charge in [0, 0.05) is 19.8 Å². The van der Waals surface area contributed by atoms with Crippen molar-refractivity contribution in [1.29, 1.82) is 0 Å². The van der Waals surface area contributed by atoms with E-state index in [2.05, 4.69) is 17.2 Å². The van der Waals surface area contributed by atoms with Gasteiger partial charge in [0.15, 0.2) is 5.13 Å². The van der Waals surface area contributed by atoms with Gasteiger partial charge in [0.25, 0.3) is 0 Å². The summed E-state index contributed by atoms with van der Waals surface area (Å²) in [6.07, 6.45) is 4.51. The molecular weight excluding hydrogens is 240 g/mol. The highest BCUT2D eigenvalue weighted by molar-refractivity contribution is 7.17. The van der Waals surface area contributed by atoms with Gasteiger partial charge in [-0.15, -0.1) is 0 Å². The quantitative estimate of drug-likeness (QED) is 0.666. The third-order valence-electron chi connectivity index (χ3n) is 2.10. The first-order valence-corrected chi connectivity index (χ1v) is 6.56. The zero-order valence-electron chi connectivity index (χ0n) is 9.94. The number of hydrogen-bond acceptors (Lipinski definition) is 5. The molecule has 1 aromatic rings. The number of aromatic nitrogens is 1. The van der Waals surface area contributed by atoms with E-state index >= 15 is 0 Å². The van der Waals surface area contributed by atoms with E-state index < -0.39 is 5.97 Å². The van der Waals surface area contributed by atoms with Crippen molar-refractivity contribution in [3.05, 3.63) is 11.1 Å². The number of unbranched alkanes of at least 4 members (excludes halogenated alkanes) is 1. The molecule has 0 saturated heterocycles. The molecule has 96 valence electrons. The van der Waals surface area contributed by atoms with Crippen LogP contribution in [0.1, 0.15) is 35.9 Å². The maximum absolute atomic E-state index is 10.6. The summed E-state index contributed by atoms with van der Waals surface area (Å²) in [6, 6.07) is 0. The van der Waals surface area contributed by atoms with Crippen molar-refractivity contribution < 1.29 is 14.6 Å². The molecule has 0 atom stereocenters. The minimum atomic E-state index is -0.932. The lowest BCUT2D eigenvalue weighted by Gasteiger charge is -2.03. The molecule has 0 aromatic carbocycles. The maximum Gasteiger partial charge on any atom is 0.347 e. The van der Waals surface area contributed by atoms with E-state index in [1.807, 2.05) is 0 Å². The minimum Gasteiger partial charge on any atom is -0.477 e. The summed E-state index contributed by atoms with van der Waals surface area (Å²) < 4.78 is 5.40. The first kappa shape index (κ1) is 13.9. The molecule has 0 radical (unpaired) electrons. The molecule has 6 heteroatoms. The number of carboxylic acids is 1. The van der Waals surface area contributed by atoms with E-state index in [9.17, 15) is 4.79 Å². The number of nitrogens with zero attached hydrogens (tertiary/aromatic N) is 1. The third-order valence-corrected chi connectivity index (χ3v) is 3.04. The average molecular weight is 258 g/mol. The molecule has 0 bridgehead atoms. The Labute approximate surface area is 105 Å². The Balaban J connectivity index is 2.07. The van der Waals surface area contributed by atoms with Gasteiger partial charge in [-0.25, -0.2) is 9.78 Å². The monoisotopic (exact) mass is 258 g/mol. The number of thiazole rings is 1. The third kappa shape index (κ3) is 5.65. The zero-order chi connectivity index (χ0) is 12.5. The van der Waals surface area contributed by atoms with E-state index in [-0.39, 0.29) is 4.88 Å². The van der Waals surface area contributed by atoms with Crippen LogP contribution in [0.5, 0.6) is 0 Å². The molecule has 0 aliphatic carbocycles. The lowest BCUT2D eigenvalue weighted by molar-refractivity contribution is 0.0702. The fourth-order valence-electron chi connectivity index (χ4n) is 1.17. The van der Waals surface area contributed by atoms with E-state index in [1.165, 1.54) is 6.20 Å². The molecule has 1 rings (SSSR count). The van der Waals surface area contributed by atoms with Crippen LogP contribution in [-0.2, 0) is 4.74 Å². The number of rotatable bonds is 9. The van der Waals surface area contributed by atoms with Gasteiger partial charge in [0.05, 0.1) is 6.20 Å². The second-order valence-corrected chi connectivity index (χ2v) is 4.61. The zero-order valence-corrected chi connectivity index (χ0v) is 10.8. The standard InChI is InChI=1S/C11H18N2O3S/c1-2-3-6-16-7-4-5-12-11-13-8-9(17-11)10(14)15/h8H,2-7H2,1H3,(H,12,13)(H,14,15). The van der Waals surface area contributed by atoms with Crippen molar-refractivity contribution in [3.8, 4) is 0 Å². The van der Waals surface area contributed by atoms with Crippen LogP contribution in [0.2, 0.25) is 0 Å². The lowest BCUT2D eigenvalue weighted by atomic mass is 10.4. The summed E-state index contributed by atoms with van der Waals surface area (Å²) in [5, 5.41) is 12.4. The van der Waals surface area contributed by atoms with Crippen molar-refractivity contribution in [2.75, 3.05) is 25.1 Å². The van der Waals surface area contributed by atoms with Crippen LogP contribution in [0.4, 0.5) is 5.13 Å². The number of carbonyl (C=O) groups is 1. The topological polar surface area (TPSA) is 71.5 Å². The number of ether oxygens (including phenoxy) is 1. The molecule has 5 nitrogen and oxygen atoms in total. The predicted molar refractivity (Wildman–Crippen MR) is 67.9 cm³/mol. The van der Waals surface area contributed by atoms with Gasteiger partial charge in [0.2, 0.25) is 0 Å². The highest BCUT2D eigenvalue weighted by Crippen LogP contribution is 2.17. The number of anilines is 1. The Morgan fingerprint density at radius 3 is 2.94 bits per heavy atom. The van der Waals surface area contributed by atoms with Crippen LogP contribution in [0.15, 0.2) is 6.20 Å². The van der Waals surface area contributed by atoms with Crippen LogP contribution < -0.4 is 5.32 Å². The molecule has 17 heavy (non-hydrogen) atoms. The second kappa shape index (κ2) is 8.03. The van der Waals surface area contributed by atoms with Crippen molar-refractivity contribution in [1.82, 2.24) is 4.98 Å². The maximum atomic E-state index is 10.6. The number of hydrogen-bond donors (Lipinski definition) is 2. The molecule has 1 aromatic heterocycles. The summed E-state index contributed by atoms with van der Waals surface area (Å²) >= 11 is 1.15. The molecule has 1 heterocycles. The number of aromatic carboxylic acids is 1. The molecule has 0 unspecified atom stereocenters. The smallest absolute Gasteiger partial charge is 0.347 e. The largest absolute Gasteiger partial charge is 0.477 e. The minimum absolute atomic E-state index is 0.256. The fourth-order valence-corrected chi connectivity index (χ4v) is 1.85. The van der Waals surface area contributed by atoms with Gasteiger partial charge in [-0.3, -0.25) is 0 Å². The van der Waals surface area contributed by atoms with Crippen LogP contribution in [0, 0.1) is 0 Å². The highest BCUT2D eigenvalue weighted by Gasteiger charge is 2.07. The molecule has 0 saturated carbocycles. The summed E-state index contributed by atoms with van der Waals surface area (Å²) in [7, 11) is 0. The normalized spacial score (nSPS) is 10.4. The molecule has 0 amide bonds. The van der Waals surface area contributed by atoms with Crippen LogP contribution in [0.3, 0.4) is 0 Å². The van der Waals surface area contributed by atoms with E-state index in [1.54, 1.807) is 0 Å². The average Bonchev–Trinajstić information content (AvgIpc) is 2.77. The van der Waals surface area contributed by atoms with Gasteiger partial charge in [0.1, 0.15) is 4.88 Å². The predicted octanol–water partition coefficient (Wildman–Crippen LogP) is 2.46. The molecule has 0 aliphatic rings. The Kier molecular flexibility index (Phi) is 6.57. The highest BCUT2D eigenvalue weighted by atomic mass is 32.1. The summed E-state index contributed by atoms with van der Waals surface area (Å²) in [5.74, 6) is -0.932. The van der Waals surface area contributed by atoms with Crippen molar-refractivity contribution in [3.63, 3.8) is 0 Å². The first-order chi connectivity index (χ1) is 8.24. The van der Waals surface area contributed by atoms with Crippen LogP contribution in [0.25, 0.3) is 0 Å². The van der Waals surface area contributed by atoms with Crippen molar-refractivity contribution >= 4 is 22.4 Å². The number of carboxylic acid groups (broad SMARTS) is 1. The molecule has 0 spiro atoms. The van der Waals surface area contributed by atoms with Gasteiger partial charge in [-0.05, 0) is 12.8 Å². The van der Waals surface area contributed by atoms with Crippen LogP contribution in [-0.4, -0.2) is 35.8 Å². The van der Waals surface area contributed by atoms with E-state index in [0.717, 1.165) is 50.4 Å². The second-order valence-electron chi connectivity index (χ2n) is 3.58. The Bertz CT molecular complexity index is 341. The molecule has 0 fully saturated rings. The van der Waals surface area contributed by atoms with Gasteiger partial charge in [-0.1, -0.05) is 24.7 Å². The van der Waals surface area contributed by atoms with E-state index in [0.29, 0.717) is 5.13 Å². The first-order valence-electron chi connectivity index (χ1n) is 5.74. The molecular formula is C11H18N2O3S. The van der Waals surface area contributed by atoms with Crippen molar-refractivity contribution in [2.24, 2.45) is 0 Å². The SMILES string of the molecule is CCCCOCCCNc1ncc(C(=O)O)s1. The number of nitrogens with one attached hydrogen (secondary N) is 1. The van der Waals surface area contributed by atoms with Gasteiger partial charge >= 0.3 is 5.97 Å². The molecule has 0 aliphatic heterocycles. The Morgan fingerprint density at radius 1 is 1.53 bits per heavy atom. The molecule has 2 N–H and O–H groups in total. The summed E-state index contributed by atoms with van der Waals surface area (Å²) in [5.41, 5.74) is 0. The van der Waals surface area contributed by atoms with Gasteiger partial charge < -0.3 is 15.2 Å². The fraction of sp³-hybridized carbons (Fsp3) is 0.636. The van der Waals surface area contributed by atoms with Gasteiger partial charge in [-0.2, -0.15) is 0 Å². The Hall–Kier alpha value is -1.14. The van der Waals surface area contributed by atoms with E-state index in [4.69, 9.17) is 9.84 Å².